The largest absolute Gasteiger partial charge is 0.455 e. The maximum Gasteiger partial charge on any atom is 0.144 e. The van der Waals surface area contributed by atoms with Gasteiger partial charge in [0.25, 0.3) is 0 Å². The summed E-state index contributed by atoms with van der Waals surface area (Å²) in [5.41, 5.74) is 17.4. The van der Waals surface area contributed by atoms with Gasteiger partial charge in [-0.15, -0.1) is 0 Å². The van der Waals surface area contributed by atoms with Crippen molar-refractivity contribution in [2.24, 2.45) is 5.92 Å². The molecular formula is C60H65IrN3OSi. The molecule has 66 heavy (non-hydrogen) atoms. The van der Waals surface area contributed by atoms with E-state index < -0.39 is 8.07 Å². The van der Waals surface area contributed by atoms with Crippen molar-refractivity contribution in [3.63, 3.8) is 0 Å². The van der Waals surface area contributed by atoms with Gasteiger partial charge in [-0.05, 0) is 120 Å². The Labute approximate surface area is 408 Å². The summed E-state index contributed by atoms with van der Waals surface area (Å²) >= 11 is 0. The van der Waals surface area contributed by atoms with E-state index in [-0.39, 0.29) is 20.1 Å². The van der Waals surface area contributed by atoms with Crippen molar-refractivity contribution in [2.75, 3.05) is 0 Å². The second-order valence-corrected chi connectivity index (χ2v) is 24.1. The van der Waals surface area contributed by atoms with E-state index in [1.54, 1.807) is 0 Å². The van der Waals surface area contributed by atoms with Gasteiger partial charge in [0.05, 0.1) is 25.2 Å². The van der Waals surface area contributed by atoms with Crippen molar-refractivity contribution in [1.29, 1.82) is 0 Å². The summed E-state index contributed by atoms with van der Waals surface area (Å²) in [4.78, 5) is 13.7. The van der Waals surface area contributed by atoms with Crippen LogP contribution in [0.15, 0.2) is 169 Å². The van der Waals surface area contributed by atoms with Gasteiger partial charge in [0.2, 0.25) is 0 Å². The minimum absolute atomic E-state index is 0. The van der Waals surface area contributed by atoms with Crippen LogP contribution < -0.4 is 5.19 Å². The summed E-state index contributed by atoms with van der Waals surface area (Å²) in [5.74, 6) is 1.61. The first-order valence-corrected chi connectivity index (χ1v) is 26.8. The van der Waals surface area contributed by atoms with Crippen molar-refractivity contribution in [1.82, 2.24) is 15.0 Å². The fourth-order valence-corrected chi connectivity index (χ4v) is 10.1. The standard InChI is InChI=1S/C30H29NO.C17H23NSi.C13H13N.Ir/c1-18(2)21(5)22-11-12-31-28(16-22)27-8-6-7-26-25-10-9-23(17-29(25)32-30(26)27)24-14-19(3)13-20(4)15-24;1-13(2)15-11-16(14-9-7-6-8-10-14)18-12-17(15)19(3,4)5;1-2-11-8-9-14-13(10-11)12-6-4-3-5-7-12;/h6-18,21H,1-5H3;6-13H,1-5H3;3-10H,2H2,1H3;. The fraction of sp³-hybridized carbons (Fsp3) is 0.250. The van der Waals surface area contributed by atoms with Gasteiger partial charge in [-0.3, -0.25) is 15.0 Å². The number of rotatable bonds is 9. The van der Waals surface area contributed by atoms with Gasteiger partial charge in [0.15, 0.2) is 0 Å². The van der Waals surface area contributed by atoms with Crippen LogP contribution in [0.25, 0.3) is 66.8 Å². The molecule has 0 saturated heterocycles. The number of nitrogens with zero attached hydrogens (tertiary/aromatic N) is 3. The predicted molar refractivity (Wildman–Crippen MR) is 281 cm³/mol. The van der Waals surface area contributed by atoms with Crippen LogP contribution in [0.5, 0.6) is 0 Å². The fourth-order valence-electron chi connectivity index (χ4n) is 8.39. The molecule has 1 atom stereocenters. The summed E-state index contributed by atoms with van der Waals surface area (Å²) in [6.07, 6.45) is 6.97. The molecule has 1 unspecified atom stereocenters. The van der Waals surface area contributed by atoms with Gasteiger partial charge in [-0.25, -0.2) is 0 Å². The maximum atomic E-state index is 6.47. The van der Waals surface area contributed by atoms with Crippen molar-refractivity contribution >= 4 is 35.2 Å². The van der Waals surface area contributed by atoms with Gasteiger partial charge in [0.1, 0.15) is 11.2 Å². The smallest absolute Gasteiger partial charge is 0.144 e. The van der Waals surface area contributed by atoms with Crippen LogP contribution in [0.2, 0.25) is 19.6 Å². The van der Waals surface area contributed by atoms with Gasteiger partial charge < -0.3 is 4.42 Å². The molecule has 4 heterocycles. The Kier molecular flexibility index (Phi) is 16.7. The summed E-state index contributed by atoms with van der Waals surface area (Å²) in [7, 11) is -1.33. The molecular weight excluding hydrogens is 999 g/mol. The van der Waals surface area contributed by atoms with Crippen LogP contribution in [0.1, 0.15) is 81.2 Å². The van der Waals surface area contributed by atoms with E-state index in [1.165, 1.54) is 55.3 Å². The molecule has 0 spiro atoms. The second-order valence-electron chi connectivity index (χ2n) is 19.1. The monoisotopic (exact) mass is 1060 g/mol. The van der Waals surface area contributed by atoms with Crippen molar-refractivity contribution in [3.8, 4) is 44.9 Å². The normalized spacial score (nSPS) is 11.7. The first-order chi connectivity index (χ1) is 31.2. The van der Waals surface area contributed by atoms with Gasteiger partial charge >= 0.3 is 0 Å². The van der Waals surface area contributed by atoms with Crippen molar-refractivity contribution in [3.05, 3.63) is 192 Å². The zero-order valence-electron chi connectivity index (χ0n) is 40.6. The molecule has 0 aliphatic rings. The molecule has 9 aromatic rings. The first kappa shape index (κ1) is 49.6. The molecule has 0 aliphatic carbocycles. The predicted octanol–water partition coefficient (Wildman–Crippen LogP) is 16.4. The van der Waals surface area contributed by atoms with E-state index in [2.05, 4.69) is 208 Å². The van der Waals surface area contributed by atoms with E-state index in [0.29, 0.717) is 17.8 Å². The van der Waals surface area contributed by atoms with Crippen LogP contribution in [0, 0.1) is 19.8 Å². The Balaban J connectivity index is 0.000000180. The third-order valence-corrected chi connectivity index (χ3v) is 14.4. The molecule has 4 aromatic heterocycles. The molecule has 6 heteroatoms. The van der Waals surface area contributed by atoms with Crippen LogP contribution in [0.4, 0.5) is 0 Å². The number of aromatic nitrogens is 3. The van der Waals surface area contributed by atoms with Crippen LogP contribution in [-0.4, -0.2) is 23.0 Å². The topological polar surface area (TPSA) is 51.8 Å². The molecule has 0 saturated carbocycles. The van der Waals surface area contributed by atoms with E-state index >= 15 is 0 Å². The minimum Gasteiger partial charge on any atom is -0.455 e. The average Bonchev–Trinajstić information content (AvgIpc) is 3.70. The summed E-state index contributed by atoms with van der Waals surface area (Å²) in [6.45, 7) is 24.9. The van der Waals surface area contributed by atoms with Crippen molar-refractivity contribution < 1.29 is 24.5 Å². The summed E-state index contributed by atoms with van der Waals surface area (Å²) in [6, 6.07) is 51.1. The van der Waals surface area contributed by atoms with Crippen molar-refractivity contribution in [2.45, 2.75) is 93.3 Å². The Morgan fingerprint density at radius 3 is 1.77 bits per heavy atom. The zero-order chi connectivity index (χ0) is 46.3. The number of hydrogen-bond donors (Lipinski definition) is 0. The van der Waals surface area contributed by atoms with Gasteiger partial charge in [0, 0.05) is 66.2 Å². The Hall–Kier alpha value is -5.78. The molecule has 0 N–H and O–H groups in total. The number of pyridine rings is 3. The Morgan fingerprint density at radius 2 is 1.17 bits per heavy atom. The van der Waals surface area contributed by atoms with Crippen LogP contribution in [0.3, 0.4) is 0 Å². The van der Waals surface area contributed by atoms with E-state index in [1.807, 2.05) is 36.7 Å². The van der Waals surface area contributed by atoms with Gasteiger partial charge in [-0.1, -0.05) is 169 Å². The first-order valence-electron chi connectivity index (χ1n) is 23.3. The number of para-hydroxylation sites is 1. The molecule has 9 rings (SSSR count). The average molecular weight is 1060 g/mol. The molecule has 4 nitrogen and oxygen atoms in total. The molecule has 5 aromatic carbocycles. The number of aryl methyl sites for hydroxylation is 3. The number of fused-ring (bicyclic) bond motifs is 3. The van der Waals surface area contributed by atoms with Crippen LogP contribution >= 0.6 is 0 Å². The Bertz CT molecular complexity index is 2990. The molecule has 0 amide bonds. The SMILES string of the molecule is CC(C)c1cc(-c2ccccc2)ncc1[Si](C)(C)C.CCc1ccnc(-c2ccccc2)c1.Cc1cc(C)cc(-c2ccc3c(c2)oc2c(-c4cc(C(C)C(C)C)ccn4)cccc23)c1.[Ir]. The molecule has 339 valence electrons. The Morgan fingerprint density at radius 1 is 0.545 bits per heavy atom. The minimum atomic E-state index is -1.33. The number of benzene rings is 5. The molecule has 0 aliphatic heterocycles. The number of furan rings is 1. The van der Waals surface area contributed by atoms with Gasteiger partial charge in [-0.2, -0.15) is 0 Å². The van der Waals surface area contributed by atoms with E-state index in [4.69, 9.17) is 14.4 Å². The zero-order valence-corrected chi connectivity index (χ0v) is 44.0. The summed E-state index contributed by atoms with van der Waals surface area (Å²) < 4.78 is 6.47. The summed E-state index contributed by atoms with van der Waals surface area (Å²) in [5, 5.41) is 3.76. The third kappa shape index (κ3) is 12.0. The molecule has 0 fully saturated rings. The number of hydrogen-bond acceptors (Lipinski definition) is 4. The van der Waals surface area contributed by atoms with E-state index in [0.717, 1.165) is 51.0 Å². The molecule has 1 radical (unpaired) electrons. The van der Waals surface area contributed by atoms with E-state index in [9.17, 15) is 0 Å². The third-order valence-electron chi connectivity index (χ3n) is 12.4. The second kappa shape index (κ2) is 22.1. The van der Waals surface area contributed by atoms with Crippen LogP contribution in [-0.2, 0) is 26.5 Å². The maximum absolute atomic E-state index is 6.47. The quantitative estimate of drug-likeness (QED) is 0.135. The molecule has 0 bridgehead atoms.